The number of benzene rings is 1. The van der Waals surface area contributed by atoms with Crippen molar-refractivity contribution in [1.29, 1.82) is 0 Å². The van der Waals surface area contributed by atoms with Crippen molar-refractivity contribution in [2.45, 2.75) is 19.3 Å². The lowest BCUT2D eigenvalue weighted by atomic mass is 9.85. The van der Waals surface area contributed by atoms with Crippen LogP contribution in [0.15, 0.2) is 67.4 Å². The lowest BCUT2D eigenvalue weighted by Gasteiger charge is -2.24. The van der Waals surface area contributed by atoms with Crippen LogP contribution in [-0.4, -0.2) is 41.0 Å². The monoisotopic (exact) mass is 504 g/mol. The van der Waals surface area contributed by atoms with Gasteiger partial charge in [0.2, 0.25) is 5.91 Å². The highest BCUT2D eigenvalue weighted by Gasteiger charge is 2.25. The van der Waals surface area contributed by atoms with E-state index in [-0.39, 0.29) is 11.8 Å². The van der Waals surface area contributed by atoms with Gasteiger partial charge in [0.05, 0.1) is 34.0 Å². The molecule has 5 heterocycles. The number of halogens is 1. The lowest BCUT2D eigenvalue weighted by molar-refractivity contribution is -0.122. The predicted molar refractivity (Wildman–Crippen MR) is 141 cm³/mol. The first-order valence-electron chi connectivity index (χ1n) is 12.3. The minimum Gasteiger partial charge on any atom is -0.336 e. The molecule has 3 N–H and O–H groups in total. The van der Waals surface area contributed by atoms with E-state index in [1.54, 1.807) is 49.2 Å². The number of hydrogen-bond donors (Lipinski definition) is 3. The summed E-state index contributed by atoms with van der Waals surface area (Å²) in [7, 11) is 0. The second-order valence-electron chi connectivity index (χ2n) is 9.38. The molecule has 0 atom stereocenters. The number of amides is 1. The first-order chi connectivity index (χ1) is 18.7. The number of imidazole rings is 1. The smallest absolute Gasteiger partial charge is 0.227 e. The standard InChI is InChI=1S/C28H21FN8O/c29-23-19(17-12-18(14-31-13-17)33-28(38)16-2-1-3-16)4-5-20-22(23)26(37-36-20)27-34-21-8-11-32-24(25(21)35-27)15-6-9-30-10-7-15/h4-14,16H,1-3H2,(H,33,38)(H,34,35)(H,36,37). The van der Waals surface area contributed by atoms with Crippen molar-refractivity contribution in [2.75, 3.05) is 5.32 Å². The van der Waals surface area contributed by atoms with Gasteiger partial charge in [0, 0.05) is 47.4 Å². The second kappa shape index (κ2) is 8.84. The Morgan fingerprint density at radius 2 is 1.82 bits per heavy atom. The summed E-state index contributed by atoms with van der Waals surface area (Å²) in [5.41, 5.74) is 5.32. The number of aromatic nitrogens is 7. The lowest BCUT2D eigenvalue weighted by Crippen LogP contribution is -2.28. The van der Waals surface area contributed by atoms with E-state index in [2.05, 4.69) is 35.5 Å². The summed E-state index contributed by atoms with van der Waals surface area (Å²) in [5, 5.41) is 10.5. The Morgan fingerprint density at radius 3 is 2.63 bits per heavy atom. The molecule has 0 bridgehead atoms. The Bertz CT molecular complexity index is 1820. The zero-order valence-electron chi connectivity index (χ0n) is 20.1. The maximum atomic E-state index is 16.1. The van der Waals surface area contributed by atoms with Crippen LogP contribution in [0.3, 0.4) is 0 Å². The number of anilines is 1. The van der Waals surface area contributed by atoms with Crippen LogP contribution in [-0.2, 0) is 4.79 Å². The number of carbonyl (C=O) groups is 1. The molecule has 1 aliphatic carbocycles. The largest absolute Gasteiger partial charge is 0.336 e. The quantitative estimate of drug-likeness (QED) is 0.285. The van der Waals surface area contributed by atoms with Crippen molar-refractivity contribution < 1.29 is 9.18 Å². The number of carbonyl (C=O) groups excluding carboxylic acids is 1. The van der Waals surface area contributed by atoms with Crippen LogP contribution in [0.1, 0.15) is 19.3 Å². The van der Waals surface area contributed by atoms with Gasteiger partial charge in [0.1, 0.15) is 17.0 Å². The van der Waals surface area contributed by atoms with Crippen molar-refractivity contribution >= 4 is 33.5 Å². The zero-order chi connectivity index (χ0) is 25.6. The van der Waals surface area contributed by atoms with E-state index in [0.717, 1.165) is 30.3 Å². The molecule has 0 radical (unpaired) electrons. The van der Waals surface area contributed by atoms with Crippen LogP contribution in [0.25, 0.3) is 55.8 Å². The third kappa shape index (κ3) is 3.69. The highest BCUT2D eigenvalue weighted by atomic mass is 19.1. The minimum atomic E-state index is -0.455. The van der Waals surface area contributed by atoms with Gasteiger partial charge in [-0.25, -0.2) is 9.37 Å². The molecule has 186 valence electrons. The van der Waals surface area contributed by atoms with E-state index < -0.39 is 5.82 Å². The topological polar surface area (TPSA) is 125 Å². The zero-order valence-corrected chi connectivity index (χ0v) is 20.1. The average Bonchev–Trinajstić information content (AvgIpc) is 3.53. The van der Waals surface area contributed by atoms with Gasteiger partial charge in [0.15, 0.2) is 5.82 Å². The van der Waals surface area contributed by atoms with Crippen LogP contribution in [0.4, 0.5) is 10.1 Å². The maximum absolute atomic E-state index is 16.1. The fourth-order valence-electron chi connectivity index (χ4n) is 4.81. The number of fused-ring (bicyclic) bond motifs is 2. The minimum absolute atomic E-state index is 0.0197. The number of nitrogens with one attached hydrogen (secondary N) is 3. The van der Waals surface area contributed by atoms with Crippen LogP contribution < -0.4 is 5.32 Å². The van der Waals surface area contributed by atoms with Crippen molar-refractivity contribution in [3.63, 3.8) is 0 Å². The highest BCUT2D eigenvalue weighted by Crippen LogP contribution is 2.35. The van der Waals surface area contributed by atoms with E-state index in [4.69, 9.17) is 4.98 Å². The summed E-state index contributed by atoms with van der Waals surface area (Å²) in [4.78, 5) is 33.2. The summed E-state index contributed by atoms with van der Waals surface area (Å²) < 4.78 is 16.1. The van der Waals surface area contributed by atoms with Gasteiger partial charge >= 0.3 is 0 Å². The highest BCUT2D eigenvalue weighted by molar-refractivity contribution is 5.98. The molecule has 0 saturated heterocycles. The molecule has 0 unspecified atom stereocenters. The SMILES string of the molecule is O=C(Nc1cncc(-c2ccc3[nH]nc(-c4nc5c(-c6ccncc6)nccc5[nH]4)c3c2F)c1)C1CCC1. The first kappa shape index (κ1) is 22.2. The fourth-order valence-corrected chi connectivity index (χ4v) is 4.81. The van der Waals surface area contributed by atoms with Gasteiger partial charge in [-0.05, 0) is 49.2 Å². The molecule has 7 rings (SSSR count). The molecule has 1 saturated carbocycles. The van der Waals surface area contributed by atoms with Crippen LogP contribution in [0.2, 0.25) is 0 Å². The number of aromatic amines is 2. The molecule has 1 fully saturated rings. The molecule has 10 heteroatoms. The van der Waals surface area contributed by atoms with E-state index in [0.29, 0.717) is 50.4 Å². The Kier molecular flexibility index (Phi) is 5.17. The second-order valence-corrected chi connectivity index (χ2v) is 9.38. The summed E-state index contributed by atoms with van der Waals surface area (Å²) in [6, 6.07) is 10.7. The molecular formula is C28H21FN8O. The molecule has 1 aromatic carbocycles. The molecule has 6 aromatic rings. The molecule has 1 aliphatic rings. The fraction of sp³-hybridized carbons (Fsp3) is 0.143. The Hall–Kier alpha value is -4.99. The maximum Gasteiger partial charge on any atom is 0.227 e. The molecule has 0 spiro atoms. The molecule has 1 amide bonds. The molecule has 38 heavy (non-hydrogen) atoms. The number of pyridine rings is 3. The van der Waals surface area contributed by atoms with Crippen molar-refractivity contribution in [1.82, 2.24) is 35.1 Å². The third-order valence-electron chi connectivity index (χ3n) is 7.04. The van der Waals surface area contributed by atoms with Gasteiger partial charge in [-0.15, -0.1) is 0 Å². The summed E-state index contributed by atoms with van der Waals surface area (Å²) in [5.74, 6) is -0.0132. The number of nitrogens with zero attached hydrogens (tertiary/aromatic N) is 5. The van der Waals surface area contributed by atoms with Gasteiger partial charge in [0.25, 0.3) is 0 Å². The van der Waals surface area contributed by atoms with Crippen LogP contribution in [0, 0.1) is 11.7 Å². The number of rotatable bonds is 5. The van der Waals surface area contributed by atoms with Crippen molar-refractivity contribution in [2.24, 2.45) is 5.92 Å². The molecule has 9 nitrogen and oxygen atoms in total. The predicted octanol–water partition coefficient (Wildman–Crippen LogP) is 5.50. The van der Waals surface area contributed by atoms with Crippen LogP contribution in [0.5, 0.6) is 0 Å². The molecule has 5 aromatic heterocycles. The van der Waals surface area contributed by atoms with Crippen molar-refractivity contribution in [3.05, 3.63) is 73.2 Å². The molecular weight excluding hydrogens is 483 g/mol. The number of H-pyrrole nitrogens is 2. The van der Waals surface area contributed by atoms with Gasteiger partial charge in [-0.2, -0.15) is 5.10 Å². The van der Waals surface area contributed by atoms with E-state index in [1.165, 1.54) is 0 Å². The molecule has 0 aliphatic heterocycles. The van der Waals surface area contributed by atoms with E-state index >= 15 is 4.39 Å². The normalized spacial score (nSPS) is 13.6. The number of hydrogen-bond acceptors (Lipinski definition) is 6. The Morgan fingerprint density at radius 1 is 0.947 bits per heavy atom. The van der Waals surface area contributed by atoms with E-state index in [9.17, 15) is 4.79 Å². The van der Waals surface area contributed by atoms with Gasteiger partial charge in [-0.1, -0.05) is 6.42 Å². The van der Waals surface area contributed by atoms with Crippen molar-refractivity contribution in [3.8, 4) is 33.9 Å². The Balaban J connectivity index is 1.30. The van der Waals surface area contributed by atoms with E-state index in [1.807, 2.05) is 18.2 Å². The van der Waals surface area contributed by atoms with Gasteiger partial charge < -0.3 is 10.3 Å². The summed E-state index contributed by atoms with van der Waals surface area (Å²) in [6.07, 6.45) is 11.1. The van der Waals surface area contributed by atoms with Gasteiger partial charge in [-0.3, -0.25) is 24.8 Å². The first-order valence-corrected chi connectivity index (χ1v) is 12.3. The summed E-state index contributed by atoms with van der Waals surface area (Å²) >= 11 is 0. The average molecular weight is 505 g/mol. The third-order valence-corrected chi connectivity index (χ3v) is 7.04. The summed E-state index contributed by atoms with van der Waals surface area (Å²) in [6.45, 7) is 0. The Labute approximate surface area is 215 Å². The van der Waals surface area contributed by atoms with Crippen LogP contribution >= 0.6 is 0 Å².